The number of rotatable bonds is 12. The van der Waals surface area contributed by atoms with Crippen LogP contribution in [0.15, 0.2) is 79.8 Å². The fourth-order valence-corrected chi connectivity index (χ4v) is 4.55. The van der Waals surface area contributed by atoms with Crippen LogP contribution >= 0.6 is 23.5 Å². The average Bonchev–Trinajstić information content (AvgIpc) is 3.03. The highest BCUT2D eigenvalue weighted by Crippen LogP contribution is 2.17. The molecule has 4 aromatic rings. The molecule has 0 fully saturated rings. The summed E-state index contributed by atoms with van der Waals surface area (Å²) in [6, 6.07) is 20.3. The predicted molar refractivity (Wildman–Crippen MR) is 204 cm³/mol. The van der Waals surface area contributed by atoms with Crippen LogP contribution in [0.3, 0.4) is 0 Å². The first-order valence-corrected chi connectivity index (χ1v) is 15.6. The minimum absolute atomic E-state index is 0. The van der Waals surface area contributed by atoms with Crippen molar-refractivity contribution in [2.24, 2.45) is 11.5 Å². The lowest BCUT2D eigenvalue weighted by atomic mass is 10.1. The van der Waals surface area contributed by atoms with E-state index >= 15 is 0 Å². The summed E-state index contributed by atoms with van der Waals surface area (Å²) in [6.45, 7) is 6.09. The summed E-state index contributed by atoms with van der Waals surface area (Å²) in [4.78, 5) is 43.7. The van der Waals surface area contributed by atoms with E-state index in [1.807, 2.05) is 55.5 Å². The third kappa shape index (κ3) is 16.8. The second-order valence-electron chi connectivity index (χ2n) is 8.35. The van der Waals surface area contributed by atoms with Crippen LogP contribution in [0.4, 0.5) is 11.4 Å². The number of thioether (sulfide) groups is 2. The van der Waals surface area contributed by atoms with Gasteiger partial charge in [0.25, 0.3) is 16.3 Å². The monoisotopic (exact) mass is 680 g/mol. The number of aliphatic hydroxyl groups excluding tert-OH is 1. The first-order chi connectivity index (χ1) is 20.3. The Morgan fingerprint density at radius 1 is 0.696 bits per heavy atom. The van der Waals surface area contributed by atoms with Crippen LogP contribution in [0, 0.1) is 6.92 Å². The Morgan fingerprint density at radius 3 is 1.52 bits per heavy atom. The van der Waals surface area contributed by atoms with E-state index in [2.05, 4.69) is 22.8 Å². The summed E-state index contributed by atoms with van der Waals surface area (Å²) in [7, 11) is 0. The third-order valence-electron chi connectivity index (χ3n) is 5.24. The largest absolute Gasteiger partial charge is 0.489 e. The van der Waals surface area contributed by atoms with Gasteiger partial charge in [-0.05, 0) is 31.5 Å². The lowest BCUT2D eigenvalue weighted by molar-refractivity contribution is 0.325. The molecule has 0 aliphatic rings. The molecular formula is C34H56N4O6S2. The van der Waals surface area contributed by atoms with E-state index in [1.54, 1.807) is 37.4 Å². The minimum atomic E-state index is -0.579. The Labute approximate surface area is 283 Å². The summed E-state index contributed by atoms with van der Waals surface area (Å²) in [6.07, 6.45) is 0. The van der Waals surface area contributed by atoms with Crippen LogP contribution in [0.5, 0.6) is 5.75 Å². The van der Waals surface area contributed by atoms with Crippen LogP contribution < -0.4 is 48.6 Å². The van der Waals surface area contributed by atoms with Gasteiger partial charge in [0.2, 0.25) is 5.43 Å². The zero-order chi connectivity index (χ0) is 31.3. The third-order valence-corrected chi connectivity index (χ3v) is 6.90. The molecule has 0 saturated carbocycles. The Bertz CT molecular complexity index is 1440. The molecule has 12 heteroatoms. The van der Waals surface area contributed by atoms with Crippen molar-refractivity contribution in [2.45, 2.75) is 62.0 Å². The van der Waals surface area contributed by atoms with Gasteiger partial charge >= 0.3 is 0 Å². The first kappa shape index (κ1) is 49.5. The van der Waals surface area contributed by atoms with E-state index in [9.17, 15) is 19.2 Å². The zero-order valence-electron chi connectivity index (χ0n) is 24.2. The topological polar surface area (TPSA) is 174 Å². The Balaban J connectivity index is -0.000000282. The van der Waals surface area contributed by atoms with Crippen LogP contribution in [-0.2, 0) is 11.5 Å². The maximum atomic E-state index is 11.3. The fourth-order valence-electron chi connectivity index (χ4n) is 3.23. The number of benzene rings is 2. The van der Waals surface area contributed by atoms with E-state index in [4.69, 9.17) is 21.3 Å². The Kier molecular flexibility index (Phi) is 31.2. The molecule has 4 aromatic carbocycles. The van der Waals surface area contributed by atoms with E-state index in [0.717, 1.165) is 18.1 Å². The fraction of sp³-hybridized carbons (Fsp3) is 0.412. The van der Waals surface area contributed by atoms with Gasteiger partial charge in [-0.15, -0.1) is 23.5 Å². The SMILES string of the molecule is C.C.C.C.CCN.CCOc1c(C)c(=O)c1=O.NCSCc1ccccc1.O=c1c(NCO)c(NCSCc2ccccc2)c1=O. The van der Waals surface area contributed by atoms with Crippen LogP contribution in [0.1, 0.15) is 60.2 Å². The summed E-state index contributed by atoms with van der Waals surface area (Å²) in [5, 5.41) is 14.1. The smallest absolute Gasteiger partial charge is 0.268 e. The van der Waals surface area contributed by atoms with E-state index in [0.29, 0.717) is 23.9 Å². The van der Waals surface area contributed by atoms with Crippen molar-refractivity contribution in [2.75, 3.05) is 42.3 Å². The number of nitrogens with one attached hydrogen (secondary N) is 2. The highest BCUT2D eigenvalue weighted by molar-refractivity contribution is 7.98. The van der Waals surface area contributed by atoms with Crippen molar-refractivity contribution in [3.63, 3.8) is 0 Å². The molecule has 0 unspecified atom stereocenters. The van der Waals surface area contributed by atoms with Crippen molar-refractivity contribution in [3.05, 3.63) is 118 Å². The van der Waals surface area contributed by atoms with Crippen molar-refractivity contribution in [1.29, 1.82) is 0 Å². The number of aliphatic hydroxyl groups is 1. The van der Waals surface area contributed by atoms with E-state index in [-0.39, 0.29) is 53.6 Å². The Hall–Kier alpha value is -3.42. The van der Waals surface area contributed by atoms with Gasteiger partial charge in [-0.25, -0.2) is 0 Å². The van der Waals surface area contributed by atoms with Gasteiger partial charge in [0.15, 0.2) is 5.75 Å². The molecule has 0 amide bonds. The molecule has 0 bridgehead atoms. The molecule has 0 aromatic heterocycles. The Morgan fingerprint density at radius 2 is 1.13 bits per heavy atom. The highest BCUT2D eigenvalue weighted by Gasteiger charge is 2.19. The molecule has 0 saturated heterocycles. The van der Waals surface area contributed by atoms with Gasteiger partial charge in [-0.2, -0.15) is 0 Å². The highest BCUT2D eigenvalue weighted by atomic mass is 32.2. The lowest BCUT2D eigenvalue weighted by Gasteiger charge is -2.13. The van der Waals surface area contributed by atoms with Gasteiger partial charge in [-0.3, -0.25) is 19.2 Å². The summed E-state index contributed by atoms with van der Waals surface area (Å²) in [5.41, 5.74) is 11.6. The van der Waals surface area contributed by atoms with Crippen molar-refractivity contribution in [3.8, 4) is 5.75 Å². The molecule has 0 radical (unpaired) electrons. The molecular weight excluding hydrogens is 625 g/mol. The minimum Gasteiger partial charge on any atom is -0.489 e. The summed E-state index contributed by atoms with van der Waals surface area (Å²) < 4.78 is 4.88. The number of hydrogen-bond acceptors (Lipinski definition) is 12. The maximum Gasteiger partial charge on any atom is 0.268 e. The van der Waals surface area contributed by atoms with Gasteiger partial charge in [0, 0.05) is 22.9 Å². The standard InChI is InChI=1S/C13H14N2O3S.C8H11NS.C7H8O3.C2H7N.4CH4/c16-7-14-10-11(13(18)12(10)17)15-8-19-6-9-4-2-1-3-5-9;9-7-10-6-8-4-2-1-3-5-8;1-3-10-7-4(2)5(8)6(7)9;1-2-3;;;;/h1-5,14-16H,6-8H2;1-5H,6-7,9H2;3H2,1-2H3;2-3H2,1H3;4*1H4. The van der Waals surface area contributed by atoms with E-state index < -0.39 is 21.7 Å². The second-order valence-corrected chi connectivity index (χ2v) is 10.4. The average molecular weight is 681 g/mol. The first-order valence-electron chi connectivity index (χ1n) is 13.2. The molecule has 0 aliphatic heterocycles. The van der Waals surface area contributed by atoms with Crippen LogP contribution in [0.25, 0.3) is 0 Å². The lowest BCUT2D eigenvalue weighted by Crippen LogP contribution is -2.37. The van der Waals surface area contributed by atoms with Crippen LogP contribution in [-0.4, -0.2) is 36.7 Å². The number of hydrogen-bond donors (Lipinski definition) is 5. The van der Waals surface area contributed by atoms with E-state index in [1.165, 1.54) is 11.1 Å². The summed E-state index contributed by atoms with van der Waals surface area (Å²) in [5.74, 6) is 3.32. The molecule has 7 N–H and O–H groups in total. The predicted octanol–water partition coefficient (Wildman–Crippen LogP) is 5.28. The molecule has 4 rings (SSSR count). The van der Waals surface area contributed by atoms with Crippen molar-refractivity contribution >= 4 is 34.9 Å². The van der Waals surface area contributed by atoms with Crippen LogP contribution in [0.2, 0.25) is 0 Å². The molecule has 0 spiro atoms. The molecule has 0 aliphatic carbocycles. The zero-order valence-corrected chi connectivity index (χ0v) is 25.8. The molecule has 0 heterocycles. The quantitative estimate of drug-likeness (QED) is 0.0745. The van der Waals surface area contributed by atoms with Crippen molar-refractivity contribution in [1.82, 2.24) is 0 Å². The summed E-state index contributed by atoms with van der Waals surface area (Å²) >= 11 is 3.35. The second kappa shape index (κ2) is 29.0. The number of nitrogens with two attached hydrogens (primary N) is 2. The maximum absolute atomic E-state index is 11.3. The number of anilines is 2. The van der Waals surface area contributed by atoms with Gasteiger partial charge in [-0.1, -0.05) is 97.3 Å². The molecule has 46 heavy (non-hydrogen) atoms. The molecule has 10 nitrogen and oxygen atoms in total. The van der Waals surface area contributed by atoms with Gasteiger partial charge in [0.1, 0.15) is 18.1 Å². The van der Waals surface area contributed by atoms with Gasteiger partial charge in [0.05, 0.1) is 12.5 Å². The van der Waals surface area contributed by atoms with Crippen molar-refractivity contribution < 1.29 is 9.84 Å². The number of ether oxygens (including phenoxy) is 1. The molecule has 0 atom stereocenters. The van der Waals surface area contributed by atoms with Gasteiger partial charge < -0.3 is 31.9 Å². The normalized spacial score (nSPS) is 9.09. The molecule has 260 valence electrons.